The van der Waals surface area contributed by atoms with Crippen molar-refractivity contribution in [1.82, 2.24) is 0 Å². The molecular formula is C21H12Cl4O4. The van der Waals surface area contributed by atoms with Crippen LogP contribution in [0.25, 0.3) is 0 Å². The maximum absolute atomic E-state index is 13.1. The molecule has 29 heavy (non-hydrogen) atoms. The molecule has 1 spiro atoms. The van der Waals surface area contributed by atoms with Crippen LogP contribution >= 0.6 is 46.4 Å². The van der Waals surface area contributed by atoms with E-state index < -0.39 is 37.2 Å². The molecule has 0 N–H and O–H groups in total. The summed E-state index contributed by atoms with van der Waals surface area (Å²) in [6.07, 6.45) is 0.694. The molecule has 0 saturated carbocycles. The van der Waals surface area contributed by atoms with E-state index in [1.807, 2.05) is 12.1 Å². The molecule has 2 aliphatic carbocycles. The quantitative estimate of drug-likeness (QED) is 0.496. The van der Waals surface area contributed by atoms with Gasteiger partial charge in [-0.05, 0) is 81.5 Å². The van der Waals surface area contributed by atoms with Gasteiger partial charge in [-0.1, -0.05) is 48.5 Å². The predicted octanol–water partition coefficient (Wildman–Crippen LogP) is 4.22. The highest BCUT2D eigenvalue weighted by molar-refractivity contribution is 6.82. The molecule has 0 saturated heterocycles. The van der Waals surface area contributed by atoms with Gasteiger partial charge in [-0.2, -0.15) is 0 Å². The van der Waals surface area contributed by atoms with Crippen molar-refractivity contribution in [2.45, 2.75) is 23.7 Å². The summed E-state index contributed by atoms with van der Waals surface area (Å²) in [7, 11) is 0. The zero-order valence-corrected chi connectivity index (χ0v) is 17.7. The molecule has 0 aromatic heterocycles. The molecule has 0 fully saturated rings. The van der Waals surface area contributed by atoms with Crippen molar-refractivity contribution in [1.29, 1.82) is 0 Å². The van der Waals surface area contributed by atoms with Gasteiger partial charge in [-0.3, -0.25) is 19.2 Å². The van der Waals surface area contributed by atoms with Gasteiger partial charge in [0.2, 0.25) is 21.0 Å². The third-order valence-corrected chi connectivity index (χ3v) is 7.55. The lowest BCUT2D eigenvalue weighted by molar-refractivity contribution is -0.149. The van der Waals surface area contributed by atoms with Crippen molar-refractivity contribution in [3.63, 3.8) is 0 Å². The Hall–Kier alpha value is -1.72. The van der Waals surface area contributed by atoms with Gasteiger partial charge >= 0.3 is 0 Å². The van der Waals surface area contributed by atoms with Crippen molar-refractivity contribution in [3.8, 4) is 0 Å². The van der Waals surface area contributed by atoms with Crippen LogP contribution in [0.3, 0.4) is 0 Å². The third-order valence-electron chi connectivity index (χ3n) is 6.42. The van der Waals surface area contributed by atoms with Gasteiger partial charge in [0.25, 0.3) is 0 Å². The van der Waals surface area contributed by atoms with E-state index in [1.54, 1.807) is 30.3 Å². The van der Waals surface area contributed by atoms with Gasteiger partial charge in [0, 0.05) is 5.41 Å². The second-order valence-electron chi connectivity index (χ2n) is 7.20. The first-order valence-electron chi connectivity index (χ1n) is 8.68. The number of hydrogen-bond donors (Lipinski definition) is 0. The highest BCUT2D eigenvalue weighted by Gasteiger charge is 2.82. The Bertz CT molecular complexity index is 1080. The SMILES string of the molecule is O=C(Cl)C1(C(=O)Cl)c2ccccc2C2(CCc3ccccc32)C1(C(=O)Cl)C(=O)Cl. The Morgan fingerprint density at radius 1 is 0.655 bits per heavy atom. The molecule has 2 aromatic rings. The number of benzene rings is 2. The molecule has 0 bridgehead atoms. The number of hydrogen-bond acceptors (Lipinski definition) is 4. The summed E-state index contributed by atoms with van der Waals surface area (Å²) in [5, 5.41) is -5.08. The smallest absolute Gasteiger partial charge is 0.242 e. The summed E-state index contributed by atoms with van der Waals surface area (Å²) >= 11 is 24.1. The molecule has 2 aromatic carbocycles. The van der Waals surface area contributed by atoms with E-state index >= 15 is 0 Å². The second kappa shape index (κ2) is 6.64. The van der Waals surface area contributed by atoms with E-state index in [9.17, 15) is 19.2 Å². The summed E-state index contributed by atoms with van der Waals surface area (Å²) in [5.74, 6) is 0. The van der Waals surface area contributed by atoms with Crippen LogP contribution in [0.2, 0.25) is 0 Å². The molecule has 0 amide bonds. The molecule has 4 rings (SSSR count). The Balaban J connectivity index is 2.33. The zero-order chi connectivity index (χ0) is 21.2. The van der Waals surface area contributed by atoms with Gasteiger partial charge in [0.05, 0.1) is 0 Å². The normalized spacial score (nSPS) is 22.8. The Morgan fingerprint density at radius 2 is 1.14 bits per heavy atom. The minimum atomic E-state index is -2.55. The van der Waals surface area contributed by atoms with Gasteiger partial charge < -0.3 is 0 Å². The maximum Gasteiger partial charge on any atom is 0.242 e. The first-order chi connectivity index (χ1) is 13.7. The van der Waals surface area contributed by atoms with Gasteiger partial charge in [-0.25, -0.2) is 0 Å². The van der Waals surface area contributed by atoms with E-state index in [0.717, 1.165) is 5.56 Å². The largest absolute Gasteiger partial charge is 0.280 e. The third kappa shape index (κ3) is 2.08. The van der Waals surface area contributed by atoms with E-state index in [-0.39, 0.29) is 12.0 Å². The van der Waals surface area contributed by atoms with Gasteiger partial charge in [0.15, 0.2) is 10.8 Å². The summed E-state index contributed by atoms with van der Waals surface area (Å²) in [5.41, 5.74) is -4.63. The average Bonchev–Trinajstić information content (AvgIpc) is 3.16. The first-order valence-corrected chi connectivity index (χ1v) is 10.2. The van der Waals surface area contributed by atoms with Crippen LogP contribution in [0.15, 0.2) is 48.5 Å². The number of carbonyl (C=O) groups excluding carboxylic acids is 4. The summed E-state index contributed by atoms with van der Waals surface area (Å²) in [4.78, 5) is 52.0. The van der Waals surface area contributed by atoms with Gasteiger partial charge in [0.1, 0.15) is 0 Å². The Morgan fingerprint density at radius 3 is 1.66 bits per heavy atom. The fourth-order valence-electron chi connectivity index (χ4n) is 5.48. The molecule has 8 heteroatoms. The first kappa shape index (κ1) is 20.5. The lowest BCUT2D eigenvalue weighted by Gasteiger charge is -2.45. The molecular weight excluding hydrogens is 458 g/mol. The van der Waals surface area contributed by atoms with E-state index in [1.165, 1.54) is 6.07 Å². The number of carbonyl (C=O) groups is 4. The number of rotatable bonds is 4. The van der Waals surface area contributed by atoms with Crippen LogP contribution in [0.5, 0.6) is 0 Å². The summed E-state index contributed by atoms with van der Waals surface area (Å²) in [6, 6.07) is 13.5. The van der Waals surface area contributed by atoms with Crippen LogP contribution in [-0.4, -0.2) is 21.0 Å². The fraction of sp³-hybridized carbons (Fsp3) is 0.238. The molecule has 0 aliphatic heterocycles. The standard InChI is InChI=1S/C21H12Cl4O4/c22-15(26)20(16(23)27)14-8-4-3-7-13(14)19(21(20,17(24)28)18(25)29)10-9-11-5-1-2-6-12(11)19/h1-8H,9-10H2. The van der Waals surface area contributed by atoms with Crippen molar-refractivity contribution in [3.05, 3.63) is 70.8 Å². The number of halogens is 4. The molecule has 1 atom stereocenters. The molecule has 4 nitrogen and oxygen atoms in total. The molecule has 2 aliphatic rings. The van der Waals surface area contributed by atoms with Crippen molar-refractivity contribution in [2.75, 3.05) is 0 Å². The zero-order valence-electron chi connectivity index (χ0n) is 14.7. The van der Waals surface area contributed by atoms with Crippen molar-refractivity contribution < 1.29 is 19.2 Å². The minimum Gasteiger partial charge on any atom is -0.280 e. The summed E-state index contributed by atoms with van der Waals surface area (Å²) in [6.45, 7) is 0. The Kier molecular flexibility index (Phi) is 4.71. The minimum absolute atomic E-state index is 0.0692. The van der Waals surface area contributed by atoms with E-state index in [4.69, 9.17) is 46.4 Å². The average molecular weight is 470 g/mol. The topological polar surface area (TPSA) is 68.3 Å². The molecule has 1 unspecified atom stereocenters. The van der Waals surface area contributed by atoms with E-state index in [2.05, 4.69) is 0 Å². The fourth-order valence-corrected chi connectivity index (χ4v) is 7.01. The van der Waals surface area contributed by atoms with Crippen LogP contribution in [0.1, 0.15) is 28.7 Å². The highest BCUT2D eigenvalue weighted by Crippen LogP contribution is 2.71. The highest BCUT2D eigenvalue weighted by atomic mass is 35.5. The van der Waals surface area contributed by atoms with Crippen molar-refractivity contribution in [2.24, 2.45) is 5.41 Å². The van der Waals surface area contributed by atoms with Gasteiger partial charge in [-0.15, -0.1) is 0 Å². The Labute approximate surface area is 186 Å². The van der Waals surface area contributed by atoms with Crippen LogP contribution < -0.4 is 0 Å². The molecule has 0 heterocycles. The number of fused-ring (bicyclic) bond motifs is 4. The second-order valence-corrected chi connectivity index (χ2v) is 8.58. The van der Waals surface area contributed by atoms with Crippen LogP contribution in [-0.2, 0) is 36.4 Å². The molecule has 148 valence electrons. The predicted molar refractivity (Wildman–Crippen MR) is 110 cm³/mol. The van der Waals surface area contributed by atoms with Crippen LogP contribution in [0.4, 0.5) is 0 Å². The molecule has 0 radical (unpaired) electrons. The lowest BCUT2D eigenvalue weighted by Crippen LogP contribution is -2.64. The number of aryl methyl sites for hydroxylation is 1. The van der Waals surface area contributed by atoms with E-state index in [0.29, 0.717) is 17.5 Å². The maximum atomic E-state index is 13.1. The van der Waals surface area contributed by atoms with Crippen LogP contribution in [0, 0.1) is 5.41 Å². The lowest BCUT2D eigenvalue weighted by atomic mass is 9.54. The monoisotopic (exact) mass is 468 g/mol. The van der Waals surface area contributed by atoms with Crippen molar-refractivity contribution >= 4 is 67.4 Å². The summed E-state index contributed by atoms with van der Waals surface area (Å²) < 4.78 is 0.